The molecule has 3 heteroatoms. The predicted molar refractivity (Wildman–Crippen MR) is 7.42 cm³/mol. The Hall–Kier alpha value is 0.826. The van der Waals surface area contributed by atoms with E-state index >= 15 is 0 Å². The normalized spacial score (nSPS) is 1.25. The van der Waals surface area contributed by atoms with Gasteiger partial charge in [0.15, 0.2) is 0 Å². The molecule has 0 heterocycles. The molecule has 0 aromatic rings. The van der Waals surface area contributed by atoms with E-state index in [-0.39, 0.29) is 24.5 Å². The molecule has 4 heavy (non-hydrogen) atoms. The first-order valence-corrected chi connectivity index (χ1v) is 0.561. The van der Waals surface area contributed by atoms with Crippen LogP contribution in [0.1, 0.15) is 7.43 Å². The molecule has 0 N–H and O–H groups in total. The van der Waals surface area contributed by atoms with Crippen molar-refractivity contribution in [1.29, 1.82) is 0 Å². The molecule has 0 aliphatic heterocycles. The minimum atomic E-state index is 0. The Morgan fingerprint density at radius 1 is 1.25 bits per heavy atom. The molecule has 34 valence electrons. The van der Waals surface area contributed by atoms with E-state index in [9.17, 15) is 0 Å². The van der Waals surface area contributed by atoms with Crippen molar-refractivity contribution in [3.63, 3.8) is 0 Å². The molecule has 0 saturated carbocycles. The molecule has 1 radical (unpaired) electrons. The van der Waals surface area contributed by atoms with Crippen LogP contribution in [0.15, 0.2) is 0 Å². The second-order valence-electron chi connectivity index (χ2n) is 0. The summed E-state index contributed by atoms with van der Waals surface area (Å²) in [6.45, 7) is 0. The van der Waals surface area contributed by atoms with Crippen molar-refractivity contribution in [3.05, 3.63) is 0 Å². The van der Waals surface area contributed by atoms with E-state index in [2.05, 4.69) is 15.7 Å². The second-order valence-corrected chi connectivity index (χ2v) is 0. The summed E-state index contributed by atoms with van der Waals surface area (Å²) >= 11 is 2.31. The average molecular weight is 155 g/mol. The number of hydrogen-bond acceptors (Lipinski definition) is 1. The summed E-state index contributed by atoms with van der Waals surface area (Å²) < 4.78 is 7.94. The third kappa shape index (κ3) is 13.8. The molecule has 1 nitrogen and oxygen atoms in total. The zero-order valence-electron chi connectivity index (χ0n) is 1.04. The molecule has 0 aliphatic rings. The molecule has 0 saturated heterocycles. The average Bonchev–Trinajstić information content (AvgIpc) is 1.00. The van der Waals surface area contributed by atoms with E-state index in [1.807, 2.05) is 0 Å². The Morgan fingerprint density at radius 2 is 1.25 bits per heavy atom. The van der Waals surface area contributed by atoms with Crippen molar-refractivity contribution in [2.75, 3.05) is 0 Å². The molecule has 0 rings (SSSR count). The van der Waals surface area contributed by atoms with Gasteiger partial charge in [0.25, 0.3) is 0 Å². The van der Waals surface area contributed by atoms with Gasteiger partial charge < -0.3 is 0 Å². The summed E-state index contributed by atoms with van der Waals surface area (Å²) in [5, 5.41) is 0. The van der Waals surface area contributed by atoms with E-state index in [1.54, 1.807) is 0 Å². The summed E-state index contributed by atoms with van der Waals surface area (Å²) in [4.78, 5) is 0. The fourth-order valence-electron chi connectivity index (χ4n) is 0. The van der Waals surface area contributed by atoms with Gasteiger partial charge in [-0.2, -0.15) is 0 Å². The van der Waals surface area contributed by atoms with Gasteiger partial charge in [-0.25, -0.2) is 0 Å². The van der Waals surface area contributed by atoms with Gasteiger partial charge in [-0.3, -0.25) is 0 Å². The van der Waals surface area contributed by atoms with Crippen LogP contribution >= 0.6 is 0 Å². The molecule has 0 aliphatic carbocycles. The minimum absolute atomic E-state index is 0. The van der Waals surface area contributed by atoms with Gasteiger partial charge in [0.2, 0.25) is 0 Å². The molecule has 0 amide bonds. The molecule has 0 unspecified atom stereocenters. The van der Waals surface area contributed by atoms with Crippen LogP contribution < -0.4 is 0 Å². The molecule has 0 bridgehead atoms. The van der Waals surface area contributed by atoms with Crippen molar-refractivity contribution in [1.82, 2.24) is 0 Å². The van der Waals surface area contributed by atoms with Crippen molar-refractivity contribution < 1.29 is 36.6 Å². The molecule has 0 aromatic carbocycles. The zero-order valence-corrected chi connectivity index (χ0v) is 3.03. The molecular weight excluding hydrogens is 150 g/mol. The van der Waals surface area contributed by atoms with Crippen LogP contribution in [-0.4, -0.2) is 0 Å². The van der Waals surface area contributed by atoms with Gasteiger partial charge in [0.05, 0.1) is 0 Å². The third-order valence-corrected chi connectivity index (χ3v) is 0. The van der Waals surface area contributed by atoms with Crippen LogP contribution in [0.2, 0.25) is 0 Å². The topological polar surface area (TPSA) is 17.1 Å². The van der Waals surface area contributed by atoms with E-state index in [4.69, 9.17) is 3.87 Å². The maximum absolute atomic E-state index is 7.94. The van der Waals surface area contributed by atoms with Gasteiger partial charge in [0.1, 0.15) is 0 Å². The first kappa shape index (κ1) is 21.2. The predicted octanol–water partition coefficient (Wildman–Crippen LogP) is 0.512. The van der Waals surface area contributed by atoms with Crippen LogP contribution in [0.4, 0.5) is 0 Å². The zero-order chi connectivity index (χ0) is 2.00. The summed E-state index contributed by atoms with van der Waals surface area (Å²) in [7, 11) is 0. The van der Waals surface area contributed by atoms with Gasteiger partial charge in [-0.05, 0) is 0 Å². The number of rotatable bonds is 0. The van der Waals surface area contributed by atoms with Crippen LogP contribution in [0, 0.1) is 0 Å². The van der Waals surface area contributed by atoms with Crippen LogP contribution in [0.25, 0.3) is 0 Å². The standard InChI is InChI=1S/CH4.Co.Cu.O/h1H4;;;. The SMILES string of the molecule is C.[Cu].[O]=[Co]. The van der Waals surface area contributed by atoms with Crippen LogP contribution in [-0.2, 0) is 36.6 Å². The van der Waals surface area contributed by atoms with Gasteiger partial charge in [-0.15, -0.1) is 0 Å². The van der Waals surface area contributed by atoms with E-state index in [0.717, 1.165) is 0 Å². The Labute approximate surface area is 44.4 Å². The van der Waals surface area contributed by atoms with E-state index in [1.165, 1.54) is 0 Å². The monoisotopic (exact) mass is 154 g/mol. The van der Waals surface area contributed by atoms with Gasteiger partial charge in [-0.1, -0.05) is 7.43 Å². The van der Waals surface area contributed by atoms with Gasteiger partial charge >= 0.3 is 19.5 Å². The fourth-order valence-corrected chi connectivity index (χ4v) is 0. The fraction of sp³-hybridized carbons (Fsp3) is 1.00. The summed E-state index contributed by atoms with van der Waals surface area (Å²) in [6.07, 6.45) is 0. The van der Waals surface area contributed by atoms with Crippen LogP contribution in [0.3, 0.4) is 0 Å². The van der Waals surface area contributed by atoms with Crippen molar-refractivity contribution in [3.8, 4) is 0 Å². The molecule has 0 spiro atoms. The van der Waals surface area contributed by atoms with E-state index in [0.29, 0.717) is 0 Å². The van der Waals surface area contributed by atoms with Crippen LogP contribution in [0.5, 0.6) is 0 Å². The Bertz CT molecular complexity index is 8.00. The molecule has 0 atom stereocenters. The molecule has 0 fully saturated rings. The summed E-state index contributed by atoms with van der Waals surface area (Å²) in [6, 6.07) is 0. The molecule has 0 aromatic heterocycles. The summed E-state index contributed by atoms with van der Waals surface area (Å²) in [5.74, 6) is 0. The van der Waals surface area contributed by atoms with E-state index < -0.39 is 0 Å². The van der Waals surface area contributed by atoms with Crippen molar-refractivity contribution in [2.24, 2.45) is 0 Å². The first-order chi connectivity index (χ1) is 1.00. The van der Waals surface area contributed by atoms with Crippen molar-refractivity contribution in [2.45, 2.75) is 7.43 Å². The quantitative estimate of drug-likeness (QED) is 0.465. The Balaban J connectivity index is -0.00000000500. The number of hydrogen-bond donors (Lipinski definition) is 0. The van der Waals surface area contributed by atoms with Gasteiger partial charge in [0, 0.05) is 17.1 Å². The summed E-state index contributed by atoms with van der Waals surface area (Å²) in [5.41, 5.74) is 0. The Morgan fingerprint density at radius 3 is 1.25 bits per heavy atom. The maximum atomic E-state index is 7.94. The van der Waals surface area contributed by atoms with Crippen molar-refractivity contribution >= 4 is 0 Å². The second kappa shape index (κ2) is 44.8. The Kier molecular flexibility index (Phi) is 237. The molecular formula is CH4CoCuO. The third-order valence-electron chi connectivity index (χ3n) is 0. The first-order valence-electron chi connectivity index (χ1n) is 0.136.